The summed E-state index contributed by atoms with van der Waals surface area (Å²) in [5.74, 6) is 0.588. The minimum atomic E-state index is -4.47. The maximum absolute atomic E-state index is 13.8. The number of rotatable bonds is 6. The molecule has 5 heterocycles. The zero-order valence-corrected chi connectivity index (χ0v) is 33.2. The first-order valence-corrected chi connectivity index (χ1v) is 20.2. The second-order valence-corrected chi connectivity index (χ2v) is 15.9. The van der Waals surface area contributed by atoms with E-state index in [0.29, 0.717) is 33.8 Å². The number of hydrogen-bond acceptors (Lipinski definition) is 4. The van der Waals surface area contributed by atoms with Crippen LogP contribution in [-0.4, -0.2) is 25.1 Å². The van der Waals surface area contributed by atoms with Crippen molar-refractivity contribution in [2.24, 2.45) is 0 Å². The number of thioether (sulfide) groups is 1. The molecule has 2 N–H and O–H groups in total. The number of nitrogens with one attached hydrogen (secondary N) is 2. The average molecular weight is 799 g/mol. The largest absolute Gasteiger partial charge is 0.416 e. The summed E-state index contributed by atoms with van der Waals surface area (Å²) < 4.78 is 41.3. The van der Waals surface area contributed by atoms with Crippen molar-refractivity contribution in [3.05, 3.63) is 166 Å². The Morgan fingerprint density at radius 1 is 0.508 bits per heavy atom. The number of hydrogen-bond donors (Lipinski definition) is 2. The molecule has 9 heteroatoms. The second-order valence-electron chi connectivity index (χ2n) is 14.8. The molecule has 5 nitrogen and oxygen atoms in total. The predicted octanol–water partition coefficient (Wildman–Crippen LogP) is 13.7. The van der Waals surface area contributed by atoms with Gasteiger partial charge in [-0.15, -0.1) is 0 Å². The van der Waals surface area contributed by atoms with Gasteiger partial charge in [0.2, 0.25) is 0 Å². The molecule has 0 spiro atoms. The Bertz CT molecular complexity index is 2950. The smallest absolute Gasteiger partial charge is 0.354 e. The highest BCUT2D eigenvalue weighted by atomic mass is 32.2. The first-order chi connectivity index (χ1) is 28.5. The van der Waals surface area contributed by atoms with Crippen molar-refractivity contribution in [1.29, 1.82) is 0 Å². The summed E-state index contributed by atoms with van der Waals surface area (Å²) in [6.45, 7) is 5.67. The van der Waals surface area contributed by atoms with Crippen LogP contribution in [0.25, 0.3) is 90.9 Å². The molecule has 4 aromatic carbocycles. The van der Waals surface area contributed by atoms with Crippen LogP contribution in [0.4, 0.5) is 13.2 Å². The molecule has 3 aromatic heterocycles. The first kappa shape index (κ1) is 37.8. The van der Waals surface area contributed by atoms with E-state index in [1.807, 2.05) is 50.3 Å². The van der Waals surface area contributed by atoms with Gasteiger partial charge >= 0.3 is 6.18 Å². The van der Waals surface area contributed by atoms with Gasteiger partial charge in [-0.25, -0.2) is 9.97 Å². The van der Waals surface area contributed by atoms with Crippen molar-refractivity contribution < 1.29 is 18.0 Å². The minimum absolute atomic E-state index is 0.0732. The molecule has 8 bridgehead atoms. The molecular formula is C50H37F3N4OS. The van der Waals surface area contributed by atoms with Crippen molar-refractivity contribution in [3.8, 4) is 44.5 Å². The fourth-order valence-corrected chi connectivity index (χ4v) is 8.20. The number of H-pyrrole nitrogens is 2. The third-order valence-electron chi connectivity index (χ3n) is 10.6. The normalized spacial score (nSPS) is 12.3. The number of aromatic amines is 2. The zero-order chi connectivity index (χ0) is 40.8. The quantitative estimate of drug-likeness (QED) is 0.176. The van der Waals surface area contributed by atoms with Crippen LogP contribution in [0.2, 0.25) is 0 Å². The molecule has 9 rings (SSSR count). The van der Waals surface area contributed by atoms with Crippen LogP contribution in [0, 0.1) is 13.8 Å². The summed E-state index contributed by atoms with van der Waals surface area (Å²) in [6.07, 6.45) is 3.49. The third kappa shape index (κ3) is 7.57. The van der Waals surface area contributed by atoms with Gasteiger partial charge in [0.1, 0.15) is 0 Å². The maximum Gasteiger partial charge on any atom is 0.416 e. The number of fused-ring (bicyclic) bond motifs is 8. The highest BCUT2D eigenvalue weighted by Crippen LogP contribution is 2.39. The van der Waals surface area contributed by atoms with Crippen LogP contribution in [0.1, 0.15) is 52.0 Å². The lowest BCUT2D eigenvalue weighted by molar-refractivity contribution is -0.137. The highest BCUT2D eigenvalue weighted by molar-refractivity contribution is 8.12. The fraction of sp³-hybridized carbons (Fsp3) is 0.100. The van der Waals surface area contributed by atoms with Crippen LogP contribution in [-0.2, 0) is 16.7 Å². The Morgan fingerprint density at radius 2 is 0.831 bits per heavy atom. The number of alkyl halides is 3. The summed E-state index contributed by atoms with van der Waals surface area (Å²) in [5, 5.41) is 0.0732. The van der Waals surface area contributed by atoms with Crippen LogP contribution < -0.4 is 0 Å². The van der Waals surface area contributed by atoms with E-state index in [1.165, 1.54) is 23.9 Å². The van der Waals surface area contributed by atoms with Gasteiger partial charge in [-0.05, 0) is 102 Å². The SMILES string of the molecule is CC(=O)SCc1ccc(-c2c3nc(c(-c4ccc(C)cc4)c4ccc([nH]4)c(-c4ccc(C(F)(F)F)cc4)c4nc(c(-c5ccc(C)cc5)c5ccc2[nH]5)C=C4)C=C3)cc1. The lowest BCUT2D eigenvalue weighted by Gasteiger charge is -2.09. The van der Waals surface area contributed by atoms with E-state index >= 15 is 0 Å². The van der Waals surface area contributed by atoms with Gasteiger partial charge in [0.25, 0.3) is 0 Å². The van der Waals surface area contributed by atoms with Gasteiger partial charge in [0, 0.05) is 57.0 Å². The van der Waals surface area contributed by atoms with Gasteiger partial charge in [-0.1, -0.05) is 108 Å². The Hall–Kier alpha value is -6.71. The van der Waals surface area contributed by atoms with Gasteiger partial charge in [-0.3, -0.25) is 4.79 Å². The van der Waals surface area contributed by atoms with Crippen molar-refractivity contribution in [2.45, 2.75) is 32.7 Å². The van der Waals surface area contributed by atoms with E-state index in [0.717, 1.165) is 90.1 Å². The molecule has 2 aliphatic rings. The van der Waals surface area contributed by atoms with E-state index in [9.17, 15) is 18.0 Å². The molecule has 59 heavy (non-hydrogen) atoms. The number of halogens is 3. The van der Waals surface area contributed by atoms with Gasteiger partial charge in [0.05, 0.1) is 28.3 Å². The van der Waals surface area contributed by atoms with Crippen molar-refractivity contribution in [2.75, 3.05) is 0 Å². The highest BCUT2D eigenvalue weighted by Gasteiger charge is 2.30. The molecule has 0 radical (unpaired) electrons. The molecule has 7 aromatic rings. The summed E-state index contributed by atoms with van der Waals surface area (Å²) in [6, 6.07) is 38.1. The summed E-state index contributed by atoms with van der Waals surface area (Å²) in [7, 11) is 0. The topological polar surface area (TPSA) is 74.4 Å². The van der Waals surface area contributed by atoms with Crippen LogP contribution in [0.5, 0.6) is 0 Å². The molecule has 0 fully saturated rings. The Kier molecular flexibility index (Phi) is 9.77. The average Bonchev–Trinajstić information content (AvgIpc) is 4.07. The van der Waals surface area contributed by atoms with Gasteiger partial charge < -0.3 is 9.97 Å². The second kappa shape index (κ2) is 15.2. The molecule has 0 unspecified atom stereocenters. The standard InChI is InChI=1S/C50H37F3N4OS/c1-29-4-10-33(11-5-29)46-38-20-24-42(54-38)48(35-14-8-32(9-15-35)28-59-31(3)58)43-25-21-39(55-43)47(34-12-6-30(2)7-13-34)41-23-27-45(57-41)49(44-26-22-40(46)56-44)36-16-18-37(19-17-36)50(51,52)53/h4-27,54,57H,28H2,1-3H3. The number of carbonyl (C=O) groups excluding carboxylic acids is 1. The molecule has 0 atom stereocenters. The monoisotopic (exact) mass is 798 g/mol. The van der Waals surface area contributed by atoms with E-state index in [-0.39, 0.29) is 5.12 Å². The van der Waals surface area contributed by atoms with E-state index < -0.39 is 11.7 Å². The number of benzene rings is 4. The molecule has 0 saturated heterocycles. The van der Waals surface area contributed by atoms with E-state index in [2.05, 4.69) is 94.9 Å². The Labute approximate surface area is 343 Å². The first-order valence-electron chi connectivity index (χ1n) is 19.2. The van der Waals surface area contributed by atoms with Crippen molar-refractivity contribution in [1.82, 2.24) is 19.9 Å². The van der Waals surface area contributed by atoms with Crippen molar-refractivity contribution in [3.63, 3.8) is 0 Å². The summed E-state index contributed by atoms with van der Waals surface area (Å²) in [4.78, 5) is 29.7. The molecule has 0 amide bonds. The van der Waals surface area contributed by atoms with Crippen molar-refractivity contribution >= 4 is 63.2 Å². The molecule has 290 valence electrons. The minimum Gasteiger partial charge on any atom is -0.354 e. The van der Waals surface area contributed by atoms with E-state index in [4.69, 9.17) is 9.97 Å². The van der Waals surface area contributed by atoms with E-state index in [1.54, 1.807) is 6.92 Å². The number of nitrogens with zero attached hydrogens (tertiary/aromatic N) is 2. The van der Waals surface area contributed by atoms with Crippen LogP contribution in [0.15, 0.2) is 121 Å². The third-order valence-corrected chi connectivity index (χ3v) is 11.5. The molecule has 0 aliphatic carbocycles. The predicted molar refractivity (Wildman–Crippen MR) is 237 cm³/mol. The molecular weight excluding hydrogens is 762 g/mol. The zero-order valence-electron chi connectivity index (χ0n) is 32.4. The Balaban J connectivity index is 1.40. The summed E-state index contributed by atoms with van der Waals surface area (Å²) in [5.41, 5.74) is 15.3. The van der Waals surface area contributed by atoms with Crippen LogP contribution >= 0.6 is 11.8 Å². The lowest BCUT2D eigenvalue weighted by atomic mass is 10.0. The lowest BCUT2D eigenvalue weighted by Crippen LogP contribution is -2.04. The maximum atomic E-state index is 13.8. The molecule has 2 aliphatic heterocycles. The van der Waals surface area contributed by atoms with Gasteiger partial charge in [-0.2, -0.15) is 13.2 Å². The summed E-state index contributed by atoms with van der Waals surface area (Å²) >= 11 is 1.28. The molecule has 0 saturated carbocycles. The fourth-order valence-electron chi connectivity index (χ4n) is 7.64. The number of aromatic nitrogens is 4. The van der Waals surface area contributed by atoms with Crippen LogP contribution in [0.3, 0.4) is 0 Å². The Morgan fingerprint density at radius 3 is 1.15 bits per heavy atom. The van der Waals surface area contributed by atoms with Gasteiger partial charge in [0.15, 0.2) is 5.12 Å². The number of aryl methyl sites for hydroxylation is 2. The number of carbonyl (C=O) groups is 1.